The lowest BCUT2D eigenvalue weighted by Gasteiger charge is -2.27. The Kier molecular flexibility index (Phi) is 5.11. The monoisotopic (exact) mass is 299 g/mol. The lowest BCUT2D eigenvalue weighted by Crippen LogP contribution is -2.47. The fourth-order valence-corrected chi connectivity index (χ4v) is 2.10. The van der Waals surface area contributed by atoms with Crippen LogP contribution in [0.15, 0.2) is 36.0 Å². The Labute approximate surface area is 128 Å². The lowest BCUT2D eigenvalue weighted by molar-refractivity contribution is -0.127. The number of nitriles is 1. The Morgan fingerprint density at radius 3 is 2.64 bits per heavy atom. The predicted octanol–water partition coefficient (Wildman–Crippen LogP) is -0.162. The van der Waals surface area contributed by atoms with Crippen molar-refractivity contribution in [3.8, 4) is 6.07 Å². The molecule has 2 amide bonds. The van der Waals surface area contributed by atoms with E-state index in [2.05, 4.69) is 10.6 Å². The summed E-state index contributed by atoms with van der Waals surface area (Å²) in [5.41, 5.74) is 6.23. The number of hydrogen-bond acceptors (Lipinski definition) is 5. The van der Waals surface area contributed by atoms with Crippen molar-refractivity contribution >= 4 is 17.5 Å². The molecule has 0 aromatic heterocycles. The van der Waals surface area contributed by atoms with Gasteiger partial charge in [0, 0.05) is 38.1 Å². The molecule has 0 aliphatic carbocycles. The molecule has 0 atom stereocenters. The average molecular weight is 299 g/mol. The molecule has 2 rings (SSSR count). The summed E-state index contributed by atoms with van der Waals surface area (Å²) in [6, 6.07) is 8.41. The van der Waals surface area contributed by atoms with Crippen LogP contribution in [-0.2, 0) is 4.79 Å². The quantitative estimate of drug-likeness (QED) is 0.408. The summed E-state index contributed by atoms with van der Waals surface area (Å²) < 4.78 is 0. The molecule has 22 heavy (non-hydrogen) atoms. The number of benzene rings is 1. The minimum absolute atomic E-state index is 0.107. The minimum atomic E-state index is -0.459. The zero-order valence-electron chi connectivity index (χ0n) is 12.0. The molecular weight excluding hydrogens is 282 g/mol. The van der Waals surface area contributed by atoms with E-state index in [0.717, 1.165) is 6.20 Å². The molecule has 1 saturated heterocycles. The molecule has 1 aromatic carbocycles. The first-order valence-corrected chi connectivity index (χ1v) is 6.89. The molecule has 0 radical (unpaired) electrons. The molecule has 0 bridgehead atoms. The van der Waals surface area contributed by atoms with Crippen LogP contribution >= 0.6 is 0 Å². The van der Waals surface area contributed by atoms with E-state index >= 15 is 0 Å². The van der Waals surface area contributed by atoms with Gasteiger partial charge in [-0.2, -0.15) is 5.26 Å². The van der Waals surface area contributed by atoms with Gasteiger partial charge < -0.3 is 21.3 Å². The fraction of sp³-hybridized carbons (Fsp3) is 0.267. The number of anilines is 1. The Morgan fingerprint density at radius 1 is 1.32 bits per heavy atom. The molecule has 114 valence electrons. The minimum Gasteiger partial charge on any atom is -0.398 e. The van der Waals surface area contributed by atoms with E-state index in [1.807, 2.05) is 6.07 Å². The molecule has 7 nitrogen and oxygen atoms in total. The first-order valence-electron chi connectivity index (χ1n) is 6.89. The Balaban J connectivity index is 2.06. The fourth-order valence-electron chi connectivity index (χ4n) is 2.10. The van der Waals surface area contributed by atoms with Gasteiger partial charge >= 0.3 is 0 Å². The van der Waals surface area contributed by atoms with Gasteiger partial charge in [0.2, 0.25) is 0 Å². The Bertz CT molecular complexity index is 642. The molecule has 0 unspecified atom stereocenters. The summed E-state index contributed by atoms with van der Waals surface area (Å²) in [6.45, 7) is 2.46. The van der Waals surface area contributed by atoms with Gasteiger partial charge in [-0.05, 0) is 12.1 Å². The summed E-state index contributed by atoms with van der Waals surface area (Å²) in [6.07, 6.45) is 1.14. The van der Waals surface area contributed by atoms with Crippen molar-refractivity contribution in [1.82, 2.24) is 15.5 Å². The van der Waals surface area contributed by atoms with Crippen molar-refractivity contribution in [1.29, 1.82) is 5.26 Å². The van der Waals surface area contributed by atoms with E-state index in [1.165, 1.54) is 0 Å². The van der Waals surface area contributed by atoms with Crippen LogP contribution in [0.5, 0.6) is 0 Å². The largest absolute Gasteiger partial charge is 0.398 e. The van der Waals surface area contributed by atoms with E-state index in [1.54, 1.807) is 29.2 Å². The number of nitrogens with two attached hydrogens (primary N) is 1. The number of carbonyl (C=O) groups excluding carboxylic acids is 2. The molecular formula is C15H17N5O2. The van der Waals surface area contributed by atoms with Gasteiger partial charge in [-0.1, -0.05) is 12.1 Å². The molecule has 0 saturated carbocycles. The molecule has 1 aromatic rings. The van der Waals surface area contributed by atoms with Gasteiger partial charge in [0.25, 0.3) is 11.8 Å². The zero-order chi connectivity index (χ0) is 15.9. The topological polar surface area (TPSA) is 111 Å². The third-order valence-corrected chi connectivity index (χ3v) is 3.31. The van der Waals surface area contributed by atoms with Gasteiger partial charge in [-0.3, -0.25) is 9.59 Å². The van der Waals surface area contributed by atoms with E-state index in [9.17, 15) is 9.59 Å². The van der Waals surface area contributed by atoms with Gasteiger partial charge in [0.15, 0.2) is 0 Å². The summed E-state index contributed by atoms with van der Waals surface area (Å²) in [5.74, 6) is -0.843. The third-order valence-electron chi connectivity index (χ3n) is 3.31. The number of nitrogen functional groups attached to an aromatic ring is 1. The average Bonchev–Trinajstić information content (AvgIpc) is 2.56. The molecule has 1 aliphatic heterocycles. The Morgan fingerprint density at radius 2 is 2.00 bits per heavy atom. The Hall–Kier alpha value is -2.85. The third kappa shape index (κ3) is 3.62. The summed E-state index contributed by atoms with van der Waals surface area (Å²) >= 11 is 0. The van der Waals surface area contributed by atoms with Crippen molar-refractivity contribution in [2.24, 2.45) is 0 Å². The van der Waals surface area contributed by atoms with Crippen LogP contribution in [0.1, 0.15) is 10.4 Å². The predicted molar refractivity (Wildman–Crippen MR) is 81.5 cm³/mol. The highest BCUT2D eigenvalue weighted by Crippen LogP contribution is 2.10. The van der Waals surface area contributed by atoms with Crippen molar-refractivity contribution in [3.63, 3.8) is 0 Å². The van der Waals surface area contributed by atoms with E-state index in [-0.39, 0.29) is 11.5 Å². The summed E-state index contributed by atoms with van der Waals surface area (Å²) in [4.78, 5) is 25.8. The molecule has 1 heterocycles. The maximum atomic E-state index is 12.2. The SMILES string of the molecule is N#C/C(=C/NC(=O)c1ccccc1N)C(=O)N1CCNCC1. The van der Waals surface area contributed by atoms with Crippen LogP contribution in [0.3, 0.4) is 0 Å². The molecule has 4 N–H and O–H groups in total. The summed E-state index contributed by atoms with van der Waals surface area (Å²) in [5, 5.41) is 14.7. The molecule has 7 heteroatoms. The molecule has 1 fully saturated rings. The normalized spacial score (nSPS) is 15.0. The number of carbonyl (C=O) groups is 2. The second kappa shape index (κ2) is 7.24. The number of nitrogens with one attached hydrogen (secondary N) is 2. The van der Waals surface area contributed by atoms with Gasteiger partial charge in [0.1, 0.15) is 11.6 Å². The highest BCUT2D eigenvalue weighted by molar-refractivity contribution is 6.01. The number of piperazine rings is 1. The van der Waals surface area contributed by atoms with Crippen LogP contribution in [0.4, 0.5) is 5.69 Å². The highest BCUT2D eigenvalue weighted by atomic mass is 16.2. The molecule has 0 spiro atoms. The number of nitrogens with zero attached hydrogens (tertiary/aromatic N) is 2. The van der Waals surface area contributed by atoms with Gasteiger partial charge in [-0.15, -0.1) is 0 Å². The number of para-hydroxylation sites is 1. The van der Waals surface area contributed by atoms with Gasteiger partial charge in [0.05, 0.1) is 5.56 Å². The smallest absolute Gasteiger partial charge is 0.266 e. The standard InChI is InChI=1S/C15H17N5O2/c16-9-11(15(22)20-7-5-18-6-8-20)10-19-14(21)12-3-1-2-4-13(12)17/h1-4,10,18H,5-8,17H2,(H,19,21)/b11-10-. The van der Waals surface area contributed by atoms with Gasteiger partial charge in [-0.25, -0.2) is 0 Å². The highest BCUT2D eigenvalue weighted by Gasteiger charge is 2.20. The van der Waals surface area contributed by atoms with Crippen LogP contribution < -0.4 is 16.4 Å². The number of hydrogen-bond donors (Lipinski definition) is 3. The first kappa shape index (κ1) is 15.5. The lowest BCUT2D eigenvalue weighted by atomic mass is 10.1. The van der Waals surface area contributed by atoms with Crippen molar-refractivity contribution in [2.45, 2.75) is 0 Å². The van der Waals surface area contributed by atoms with Crippen LogP contribution in [0.2, 0.25) is 0 Å². The van der Waals surface area contributed by atoms with E-state index in [4.69, 9.17) is 11.0 Å². The first-order chi connectivity index (χ1) is 10.6. The van der Waals surface area contributed by atoms with E-state index in [0.29, 0.717) is 37.4 Å². The molecule has 1 aliphatic rings. The maximum Gasteiger partial charge on any atom is 0.266 e. The van der Waals surface area contributed by atoms with E-state index < -0.39 is 5.91 Å². The number of amides is 2. The number of rotatable bonds is 3. The zero-order valence-corrected chi connectivity index (χ0v) is 12.0. The second-order valence-electron chi connectivity index (χ2n) is 4.77. The summed E-state index contributed by atoms with van der Waals surface area (Å²) in [7, 11) is 0. The van der Waals surface area contributed by atoms with Crippen molar-refractivity contribution in [2.75, 3.05) is 31.9 Å². The second-order valence-corrected chi connectivity index (χ2v) is 4.77. The van der Waals surface area contributed by atoms with Crippen molar-refractivity contribution < 1.29 is 9.59 Å². The van der Waals surface area contributed by atoms with Crippen LogP contribution in [0.25, 0.3) is 0 Å². The van der Waals surface area contributed by atoms with Crippen LogP contribution in [-0.4, -0.2) is 42.9 Å². The van der Waals surface area contributed by atoms with Crippen molar-refractivity contribution in [3.05, 3.63) is 41.6 Å². The van der Waals surface area contributed by atoms with Crippen LogP contribution in [0, 0.1) is 11.3 Å². The maximum absolute atomic E-state index is 12.2.